The summed E-state index contributed by atoms with van der Waals surface area (Å²) in [4.78, 5) is 0. The number of hydrogen-bond donors (Lipinski definition) is 1. The summed E-state index contributed by atoms with van der Waals surface area (Å²) in [6.07, 6.45) is 3.97. The normalized spacial score (nSPS) is 25.9. The van der Waals surface area contributed by atoms with Crippen molar-refractivity contribution in [2.75, 3.05) is 6.54 Å². The zero-order valence-corrected chi connectivity index (χ0v) is 11.3. The van der Waals surface area contributed by atoms with Crippen molar-refractivity contribution >= 4 is 11.6 Å². The van der Waals surface area contributed by atoms with Gasteiger partial charge in [-0.15, -0.1) is 0 Å². The molecule has 0 aliphatic heterocycles. The van der Waals surface area contributed by atoms with Gasteiger partial charge < -0.3 is 5.32 Å². The first-order valence-corrected chi connectivity index (χ1v) is 6.96. The van der Waals surface area contributed by atoms with Gasteiger partial charge in [0.15, 0.2) is 0 Å². The first kappa shape index (κ1) is 11.6. The molecule has 2 aliphatic carbocycles. The van der Waals surface area contributed by atoms with Crippen molar-refractivity contribution in [3.8, 4) is 0 Å². The van der Waals surface area contributed by atoms with Gasteiger partial charge >= 0.3 is 0 Å². The molecule has 2 aliphatic rings. The standard InChI is InChI=1S/C15H20ClN/c1-15(2)8-11-5-6-12(16)7-13(11)14(15)17-9-10-3-4-10/h5-7,10,14,17H,3-4,8-9H2,1-2H3. The van der Waals surface area contributed by atoms with Crippen molar-refractivity contribution < 1.29 is 0 Å². The molecule has 1 atom stereocenters. The Labute approximate surface area is 109 Å². The molecule has 0 radical (unpaired) electrons. The Morgan fingerprint density at radius 1 is 1.35 bits per heavy atom. The third-order valence-electron chi connectivity index (χ3n) is 4.15. The topological polar surface area (TPSA) is 12.0 Å². The van der Waals surface area contributed by atoms with Crippen LogP contribution in [0.5, 0.6) is 0 Å². The molecule has 1 N–H and O–H groups in total. The van der Waals surface area contributed by atoms with Crippen molar-refractivity contribution in [1.29, 1.82) is 0 Å². The van der Waals surface area contributed by atoms with E-state index < -0.39 is 0 Å². The Morgan fingerprint density at radius 3 is 2.82 bits per heavy atom. The van der Waals surface area contributed by atoms with Gasteiger partial charge in [-0.3, -0.25) is 0 Å². The Morgan fingerprint density at radius 2 is 2.12 bits per heavy atom. The smallest absolute Gasteiger partial charge is 0.0409 e. The van der Waals surface area contributed by atoms with Gasteiger partial charge in [0.05, 0.1) is 0 Å². The largest absolute Gasteiger partial charge is 0.309 e. The fourth-order valence-corrected chi connectivity index (χ4v) is 3.18. The zero-order chi connectivity index (χ0) is 12.0. The van der Waals surface area contributed by atoms with Crippen LogP contribution < -0.4 is 5.32 Å². The molecule has 0 aromatic heterocycles. The van der Waals surface area contributed by atoms with E-state index in [1.807, 2.05) is 6.07 Å². The number of nitrogens with one attached hydrogen (secondary N) is 1. The van der Waals surface area contributed by atoms with Crippen LogP contribution in [-0.4, -0.2) is 6.54 Å². The fourth-order valence-electron chi connectivity index (χ4n) is 3.00. The molecule has 0 bridgehead atoms. The molecule has 1 unspecified atom stereocenters. The van der Waals surface area contributed by atoms with Crippen molar-refractivity contribution in [2.24, 2.45) is 11.3 Å². The molecule has 92 valence electrons. The number of fused-ring (bicyclic) bond motifs is 1. The molecule has 1 aromatic rings. The molecule has 0 amide bonds. The minimum atomic E-state index is 0.307. The predicted molar refractivity (Wildman–Crippen MR) is 72.4 cm³/mol. The Kier molecular flexibility index (Phi) is 2.72. The molecule has 3 rings (SSSR count). The van der Waals surface area contributed by atoms with Gasteiger partial charge in [-0.05, 0) is 60.4 Å². The summed E-state index contributed by atoms with van der Waals surface area (Å²) in [5, 5.41) is 4.62. The van der Waals surface area contributed by atoms with Crippen LogP contribution in [0.15, 0.2) is 18.2 Å². The lowest BCUT2D eigenvalue weighted by atomic mass is 9.85. The van der Waals surface area contributed by atoms with E-state index in [9.17, 15) is 0 Å². The van der Waals surface area contributed by atoms with Crippen molar-refractivity contribution in [3.63, 3.8) is 0 Å². The second-order valence-electron chi connectivity index (χ2n) is 6.29. The third-order valence-corrected chi connectivity index (χ3v) is 4.39. The summed E-state index contributed by atoms with van der Waals surface area (Å²) in [6, 6.07) is 6.82. The van der Waals surface area contributed by atoms with E-state index in [0.29, 0.717) is 11.5 Å². The van der Waals surface area contributed by atoms with Crippen molar-refractivity contribution in [3.05, 3.63) is 34.3 Å². The highest BCUT2D eigenvalue weighted by Gasteiger charge is 2.39. The van der Waals surface area contributed by atoms with Gasteiger partial charge in [0, 0.05) is 11.1 Å². The Bertz CT molecular complexity index is 435. The maximum absolute atomic E-state index is 6.13. The van der Waals surface area contributed by atoms with Crippen LogP contribution in [0, 0.1) is 11.3 Å². The first-order valence-electron chi connectivity index (χ1n) is 6.58. The Balaban J connectivity index is 1.86. The number of rotatable bonds is 3. The monoisotopic (exact) mass is 249 g/mol. The minimum Gasteiger partial charge on any atom is -0.309 e. The molecule has 17 heavy (non-hydrogen) atoms. The summed E-state index contributed by atoms with van der Waals surface area (Å²) in [5.74, 6) is 0.925. The second-order valence-corrected chi connectivity index (χ2v) is 6.73. The van der Waals surface area contributed by atoms with E-state index in [1.54, 1.807) is 0 Å². The quantitative estimate of drug-likeness (QED) is 0.855. The van der Waals surface area contributed by atoms with Crippen molar-refractivity contribution in [2.45, 2.75) is 39.2 Å². The van der Waals surface area contributed by atoms with Gasteiger partial charge in [0.2, 0.25) is 0 Å². The molecule has 1 aromatic carbocycles. The van der Waals surface area contributed by atoms with Gasteiger partial charge in [-0.1, -0.05) is 31.5 Å². The number of halogens is 1. The van der Waals surface area contributed by atoms with Crippen LogP contribution in [0.2, 0.25) is 5.02 Å². The summed E-state index contributed by atoms with van der Waals surface area (Å²) in [6.45, 7) is 5.87. The summed E-state index contributed by atoms with van der Waals surface area (Å²) < 4.78 is 0. The third kappa shape index (κ3) is 2.23. The number of benzene rings is 1. The maximum Gasteiger partial charge on any atom is 0.0409 e. The minimum absolute atomic E-state index is 0.307. The van der Waals surface area contributed by atoms with Crippen LogP contribution in [0.4, 0.5) is 0 Å². The van der Waals surface area contributed by atoms with Crippen LogP contribution in [0.25, 0.3) is 0 Å². The van der Waals surface area contributed by atoms with E-state index in [1.165, 1.54) is 30.5 Å². The van der Waals surface area contributed by atoms with E-state index in [2.05, 4.69) is 31.3 Å². The number of hydrogen-bond acceptors (Lipinski definition) is 1. The van der Waals surface area contributed by atoms with Gasteiger partial charge in [0.25, 0.3) is 0 Å². The molecule has 1 saturated carbocycles. The summed E-state index contributed by atoms with van der Waals surface area (Å²) in [7, 11) is 0. The van der Waals surface area contributed by atoms with E-state index in [4.69, 9.17) is 11.6 Å². The van der Waals surface area contributed by atoms with E-state index in [-0.39, 0.29) is 0 Å². The van der Waals surface area contributed by atoms with Crippen molar-refractivity contribution in [1.82, 2.24) is 5.32 Å². The molecule has 0 spiro atoms. The van der Waals surface area contributed by atoms with Crippen LogP contribution in [0.3, 0.4) is 0 Å². The first-order chi connectivity index (χ1) is 8.06. The van der Waals surface area contributed by atoms with Crippen LogP contribution >= 0.6 is 11.6 Å². The SMILES string of the molecule is CC1(C)Cc2ccc(Cl)cc2C1NCC1CC1. The highest BCUT2D eigenvalue weighted by Crippen LogP contribution is 2.46. The van der Waals surface area contributed by atoms with Gasteiger partial charge in [-0.2, -0.15) is 0 Å². The van der Waals surface area contributed by atoms with E-state index in [0.717, 1.165) is 17.4 Å². The summed E-state index contributed by atoms with van der Waals surface area (Å²) in [5.41, 5.74) is 3.19. The molecule has 0 heterocycles. The molecule has 1 fully saturated rings. The fraction of sp³-hybridized carbons (Fsp3) is 0.600. The summed E-state index contributed by atoms with van der Waals surface area (Å²) >= 11 is 6.13. The Hall–Kier alpha value is -0.530. The predicted octanol–water partition coefficient (Wildman–Crippen LogP) is 3.96. The highest BCUT2D eigenvalue weighted by atomic mass is 35.5. The lowest BCUT2D eigenvalue weighted by molar-refractivity contribution is 0.267. The molecule has 0 saturated heterocycles. The molecular weight excluding hydrogens is 230 g/mol. The molecule has 1 nitrogen and oxygen atoms in total. The second kappa shape index (κ2) is 4.00. The average molecular weight is 250 g/mol. The highest BCUT2D eigenvalue weighted by molar-refractivity contribution is 6.30. The van der Waals surface area contributed by atoms with Crippen LogP contribution in [0.1, 0.15) is 43.9 Å². The van der Waals surface area contributed by atoms with Gasteiger partial charge in [0.1, 0.15) is 0 Å². The molecule has 2 heteroatoms. The lowest BCUT2D eigenvalue weighted by Gasteiger charge is -2.28. The zero-order valence-electron chi connectivity index (χ0n) is 10.6. The molecular formula is C15H20ClN. The van der Waals surface area contributed by atoms with Gasteiger partial charge in [-0.25, -0.2) is 0 Å². The van der Waals surface area contributed by atoms with Crippen LogP contribution in [-0.2, 0) is 6.42 Å². The van der Waals surface area contributed by atoms with E-state index >= 15 is 0 Å². The lowest BCUT2D eigenvalue weighted by Crippen LogP contribution is -2.32. The maximum atomic E-state index is 6.13. The average Bonchev–Trinajstić information content (AvgIpc) is 3.01.